The van der Waals surface area contributed by atoms with Crippen LogP contribution >= 0.6 is 0 Å². The molecule has 242 valence electrons. The average Bonchev–Trinajstić information content (AvgIpc) is 3.89. The van der Waals surface area contributed by atoms with Crippen LogP contribution in [0.2, 0.25) is 0 Å². The monoisotopic (exact) mass is 640 g/mol. The van der Waals surface area contributed by atoms with E-state index in [4.69, 9.17) is 9.72 Å². The molecule has 8 rings (SSSR count). The number of nitrogens with zero attached hydrogens (tertiary/aromatic N) is 1. The Hall–Kier alpha value is -5.81. The molecule has 0 spiro atoms. The molecule has 0 saturated heterocycles. The number of hydrogen-bond acceptors (Lipinski definition) is 2. The second kappa shape index (κ2) is 11.7. The predicted octanol–water partition coefficient (Wildman–Crippen LogP) is 11.6. The van der Waals surface area contributed by atoms with Crippen LogP contribution in [-0.4, -0.2) is 27.0 Å². The largest absolute Gasteiger partial charge is 0.497 e. The number of aromatic amines is 3. The Labute approximate surface area is 286 Å². The fourth-order valence-corrected chi connectivity index (χ4v) is 7.89. The Morgan fingerprint density at radius 2 is 0.837 bits per heavy atom. The number of aromatic nitrogens is 4. The molecule has 5 heterocycles. The van der Waals surface area contributed by atoms with Gasteiger partial charge in [-0.05, 0) is 141 Å². The molecule has 5 heteroatoms. The quantitative estimate of drug-likeness (QED) is 0.179. The Balaban J connectivity index is 1.57. The van der Waals surface area contributed by atoms with Crippen molar-refractivity contribution in [3.05, 3.63) is 130 Å². The van der Waals surface area contributed by atoms with Crippen molar-refractivity contribution in [2.24, 2.45) is 0 Å². The standard InChI is InChI=1S/C44H40N4O/c1-24-20-26(3)40(27(4)21-24)43-36-14-12-32(45-36)33-13-15-37(46-33)44(41-28(5)22-25(2)23-29(41)6)39-19-17-35(48-39)42(34-16-18-38(43)47-34)30-8-10-31(49-7)11-9-30/h8-23,45,47-48H,1-7H3. The van der Waals surface area contributed by atoms with Crippen molar-refractivity contribution in [2.75, 3.05) is 7.11 Å². The van der Waals surface area contributed by atoms with Gasteiger partial charge in [-0.15, -0.1) is 0 Å². The number of H-pyrrole nitrogens is 3. The number of rotatable bonds is 4. The lowest BCUT2D eigenvalue weighted by Crippen LogP contribution is -1.93. The summed E-state index contributed by atoms with van der Waals surface area (Å²) in [5, 5.41) is 0. The van der Waals surface area contributed by atoms with Crippen molar-refractivity contribution in [2.45, 2.75) is 41.5 Å². The van der Waals surface area contributed by atoms with Gasteiger partial charge in [-0.3, -0.25) is 0 Å². The molecule has 0 saturated carbocycles. The van der Waals surface area contributed by atoms with Crippen molar-refractivity contribution in [3.63, 3.8) is 0 Å². The molecule has 3 aromatic carbocycles. The van der Waals surface area contributed by atoms with Crippen molar-refractivity contribution < 1.29 is 4.74 Å². The van der Waals surface area contributed by atoms with Crippen LogP contribution in [0.3, 0.4) is 0 Å². The van der Waals surface area contributed by atoms with Gasteiger partial charge in [0.15, 0.2) is 0 Å². The minimum Gasteiger partial charge on any atom is -0.497 e. The molecule has 5 nitrogen and oxygen atoms in total. The molecule has 1 aliphatic heterocycles. The van der Waals surface area contributed by atoms with E-state index in [1.165, 1.54) is 44.5 Å². The highest BCUT2D eigenvalue weighted by Crippen LogP contribution is 2.39. The molecule has 0 unspecified atom stereocenters. The van der Waals surface area contributed by atoms with E-state index in [1.807, 2.05) is 12.1 Å². The summed E-state index contributed by atoms with van der Waals surface area (Å²) in [6.45, 7) is 13.1. The Morgan fingerprint density at radius 3 is 1.35 bits per heavy atom. The van der Waals surface area contributed by atoms with Gasteiger partial charge < -0.3 is 19.7 Å². The second-order valence-corrected chi connectivity index (χ2v) is 13.5. The van der Waals surface area contributed by atoms with E-state index in [1.54, 1.807) is 7.11 Å². The summed E-state index contributed by atoms with van der Waals surface area (Å²) in [7, 11) is 1.70. The van der Waals surface area contributed by atoms with Crippen LogP contribution < -0.4 is 4.74 Å². The van der Waals surface area contributed by atoms with Crippen LogP contribution in [0.4, 0.5) is 0 Å². The first-order valence-corrected chi connectivity index (χ1v) is 16.8. The smallest absolute Gasteiger partial charge is 0.118 e. The van der Waals surface area contributed by atoms with Crippen molar-refractivity contribution in [1.82, 2.24) is 19.9 Å². The van der Waals surface area contributed by atoms with Gasteiger partial charge in [0.25, 0.3) is 0 Å². The lowest BCUT2D eigenvalue weighted by Gasteiger charge is -2.13. The van der Waals surface area contributed by atoms with E-state index >= 15 is 0 Å². The number of fused-ring (bicyclic) bond motifs is 9. The molecule has 49 heavy (non-hydrogen) atoms. The number of methoxy groups -OCH3 is 1. The SMILES string of the molecule is COc1ccc(-c2c3ccc([nH]3)c(-c3c(C)cc(C)cc3C)c3nc(c4ccc([nH]4)c(-c4c(C)cc(C)cc4C)c4ccc2[nH]4)C=C3)cc1. The first-order valence-electron chi connectivity index (χ1n) is 16.8. The van der Waals surface area contributed by atoms with Crippen molar-refractivity contribution >= 4 is 45.3 Å². The van der Waals surface area contributed by atoms with Gasteiger partial charge in [-0.2, -0.15) is 0 Å². The Morgan fingerprint density at radius 1 is 0.429 bits per heavy atom. The zero-order valence-corrected chi connectivity index (χ0v) is 29.1. The molecule has 7 aromatic rings. The van der Waals surface area contributed by atoms with Crippen LogP contribution in [-0.2, 0) is 0 Å². The summed E-state index contributed by atoms with van der Waals surface area (Å²) in [6.07, 6.45) is 4.28. The highest BCUT2D eigenvalue weighted by molar-refractivity contribution is 6.01. The van der Waals surface area contributed by atoms with Gasteiger partial charge in [0, 0.05) is 44.3 Å². The van der Waals surface area contributed by atoms with Crippen LogP contribution in [0, 0.1) is 41.5 Å². The van der Waals surface area contributed by atoms with Gasteiger partial charge in [-0.25, -0.2) is 4.98 Å². The highest BCUT2D eigenvalue weighted by Gasteiger charge is 2.18. The number of nitrogens with one attached hydrogen (secondary N) is 3. The zero-order chi connectivity index (χ0) is 34.0. The van der Waals surface area contributed by atoms with Crippen LogP contribution in [0.15, 0.2) is 84.9 Å². The minimum absolute atomic E-state index is 0.823. The van der Waals surface area contributed by atoms with Crippen LogP contribution in [0.5, 0.6) is 5.75 Å². The van der Waals surface area contributed by atoms with Gasteiger partial charge >= 0.3 is 0 Å². The molecule has 3 N–H and O–H groups in total. The van der Waals surface area contributed by atoms with Crippen LogP contribution in [0.1, 0.15) is 44.8 Å². The van der Waals surface area contributed by atoms with Gasteiger partial charge in [0.05, 0.1) is 24.0 Å². The summed E-state index contributed by atoms with van der Waals surface area (Å²) in [6, 6.07) is 30.5. The summed E-state index contributed by atoms with van der Waals surface area (Å²) in [5.41, 5.74) is 22.2. The van der Waals surface area contributed by atoms with E-state index in [0.29, 0.717) is 0 Å². The van der Waals surface area contributed by atoms with E-state index in [0.717, 1.165) is 72.5 Å². The van der Waals surface area contributed by atoms with E-state index in [9.17, 15) is 0 Å². The predicted molar refractivity (Wildman–Crippen MR) is 206 cm³/mol. The lowest BCUT2D eigenvalue weighted by molar-refractivity contribution is 0.415. The molecule has 0 atom stereocenters. The topological polar surface area (TPSA) is 69.5 Å². The maximum atomic E-state index is 5.54. The fourth-order valence-electron chi connectivity index (χ4n) is 7.89. The minimum atomic E-state index is 0.823. The molecule has 0 radical (unpaired) electrons. The number of ether oxygens (including phenoxy) is 1. The molecule has 0 amide bonds. The normalized spacial score (nSPS) is 11.9. The van der Waals surface area contributed by atoms with Gasteiger partial charge in [0.1, 0.15) is 5.75 Å². The molecular formula is C44H40N4O. The second-order valence-electron chi connectivity index (χ2n) is 13.5. The lowest BCUT2D eigenvalue weighted by atomic mass is 9.92. The Kier molecular flexibility index (Phi) is 7.29. The Bertz CT molecular complexity index is 2540. The van der Waals surface area contributed by atoms with E-state index in [-0.39, 0.29) is 0 Å². The molecule has 4 aromatic heterocycles. The summed E-state index contributed by atoms with van der Waals surface area (Å²) < 4.78 is 5.54. The maximum Gasteiger partial charge on any atom is 0.118 e. The summed E-state index contributed by atoms with van der Waals surface area (Å²) in [5.74, 6) is 0.823. The zero-order valence-electron chi connectivity index (χ0n) is 29.1. The first-order chi connectivity index (χ1) is 23.7. The summed E-state index contributed by atoms with van der Waals surface area (Å²) in [4.78, 5) is 16.8. The highest BCUT2D eigenvalue weighted by atomic mass is 16.5. The number of hydrogen-bond donors (Lipinski definition) is 3. The molecule has 1 aliphatic rings. The first kappa shape index (κ1) is 30.5. The van der Waals surface area contributed by atoms with Crippen molar-refractivity contribution in [1.29, 1.82) is 0 Å². The third kappa shape index (κ3) is 5.23. The van der Waals surface area contributed by atoms with Gasteiger partial charge in [-0.1, -0.05) is 47.5 Å². The molecule has 0 aliphatic carbocycles. The maximum absolute atomic E-state index is 5.54. The third-order valence-corrected chi connectivity index (χ3v) is 9.81. The van der Waals surface area contributed by atoms with Crippen molar-refractivity contribution in [3.8, 4) is 39.1 Å². The van der Waals surface area contributed by atoms with Gasteiger partial charge in [0.2, 0.25) is 0 Å². The van der Waals surface area contributed by atoms with Crippen LogP contribution in [0.25, 0.3) is 78.6 Å². The van der Waals surface area contributed by atoms with E-state index < -0.39 is 0 Å². The van der Waals surface area contributed by atoms with E-state index in [2.05, 4.69) is 141 Å². The number of aryl methyl sites for hydroxylation is 6. The number of benzene rings is 3. The molecule has 0 fully saturated rings. The molecule has 8 bridgehead atoms. The molecular weight excluding hydrogens is 601 g/mol. The fraction of sp³-hybridized carbons (Fsp3) is 0.159. The average molecular weight is 641 g/mol. The summed E-state index contributed by atoms with van der Waals surface area (Å²) >= 11 is 0. The third-order valence-electron chi connectivity index (χ3n) is 9.81.